The number of hydrogen-bond acceptors (Lipinski definition) is 2. The third-order valence-corrected chi connectivity index (χ3v) is 5.68. The molecule has 0 saturated heterocycles. The van der Waals surface area contributed by atoms with Crippen LogP contribution < -0.4 is 11.1 Å². The smallest absolute Gasteiger partial charge is 0.225 e. The number of carbonyl (C=O) groups is 1. The van der Waals surface area contributed by atoms with Crippen LogP contribution in [-0.2, 0) is 11.2 Å². The molecular weight excluding hydrogens is 328 g/mol. The lowest BCUT2D eigenvalue weighted by molar-refractivity contribution is -0.126. The molecule has 2 aliphatic rings. The first kappa shape index (κ1) is 15.0. The molecule has 4 heteroatoms. The minimum atomic E-state index is -0.0105. The number of amides is 1. The zero-order valence-electron chi connectivity index (χ0n) is 12.3. The van der Waals surface area contributed by atoms with Crippen molar-refractivity contribution in [2.45, 2.75) is 57.0 Å². The van der Waals surface area contributed by atoms with Crippen LogP contribution in [0.3, 0.4) is 0 Å². The standard InChI is InChI=1S/C17H23BrN2O/c18-14-7-4-6-12-11(14)9-10-16(12)20-17(21)13-5-2-1-3-8-15(13)19/h4,6-7,13,15-16H,1-3,5,8-10,19H2,(H,20,21)/t13-,15+,16-/m0/s1. The molecule has 0 spiro atoms. The van der Waals surface area contributed by atoms with Gasteiger partial charge in [-0.05, 0) is 42.9 Å². The van der Waals surface area contributed by atoms with E-state index in [0.717, 1.165) is 43.0 Å². The number of halogens is 1. The first-order valence-corrected chi connectivity index (χ1v) is 8.79. The lowest BCUT2D eigenvalue weighted by atomic mass is 9.94. The average molecular weight is 351 g/mol. The quantitative estimate of drug-likeness (QED) is 0.802. The predicted molar refractivity (Wildman–Crippen MR) is 87.9 cm³/mol. The van der Waals surface area contributed by atoms with Crippen molar-refractivity contribution in [3.05, 3.63) is 33.8 Å². The lowest BCUT2D eigenvalue weighted by Gasteiger charge is -2.23. The molecule has 0 radical (unpaired) electrons. The van der Waals surface area contributed by atoms with Gasteiger partial charge in [0.25, 0.3) is 0 Å². The van der Waals surface area contributed by atoms with Gasteiger partial charge in [0, 0.05) is 10.5 Å². The van der Waals surface area contributed by atoms with Crippen molar-refractivity contribution in [3.63, 3.8) is 0 Å². The van der Waals surface area contributed by atoms with Crippen LogP contribution in [0.4, 0.5) is 0 Å². The van der Waals surface area contributed by atoms with Crippen molar-refractivity contribution in [3.8, 4) is 0 Å². The molecule has 0 aliphatic heterocycles. The van der Waals surface area contributed by atoms with Crippen molar-refractivity contribution < 1.29 is 4.79 Å². The summed E-state index contributed by atoms with van der Waals surface area (Å²) in [4.78, 5) is 12.6. The van der Waals surface area contributed by atoms with E-state index in [1.165, 1.54) is 17.5 Å². The Balaban J connectivity index is 1.70. The van der Waals surface area contributed by atoms with Crippen LogP contribution in [0.2, 0.25) is 0 Å². The van der Waals surface area contributed by atoms with Gasteiger partial charge >= 0.3 is 0 Å². The summed E-state index contributed by atoms with van der Waals surface area (Å²) in [6, 6.07) is 6.43. The topological polar surface area (TPSA) is 55.1 Å². The van der Waals surface area contributed by atoms with Gasteiger partial charge in [-0.25, -0.2) is 0 Å². The van der Waals surface area contributed by atoms with E-state index >= 15 is 0 Å². The average Bonchev–Trinajstić information content (AvgIpc) is 2.74. The molecule has 0 unspecified atom stereocenters. The zero-order valence-corrected chi connectivity index (χ0v) is 13.9. The molecule has 1 aromatic carbocycles. The molecule has 2 aliphatic carbocycles. The van der Waals surface area contributed by atoms with E-state index in [1.807, 2.05) is 6.07 Å². The first-order valence-electron chi connectivity index (χ1n) is 8.00. The second-order valence-corrected chi connectivity index (χ2v) is 7.17. The normalized spacial score (nSPS) is 28.8. The van der Waals surface area contributed by atoms with Gasteiger partial charge in [-0.3, -0.25) is 4.79 Å². The van der Waals surface area contributed by atoms with E-state index in [-0.39, 0.29) is 23.9 Å². The second kappa shape index (κ2) is 6.49. The Hall–Kier alpha value is -0.870. The summed E-state index contributed by atoms with van der Waals surface area (Å²) < 4.78 is 1.16. The molecule has 1 saturated carbocycles. The Labute approximate surface area is 134 Å². The summed E-state index contributed by atoms with van der Waals surface area (Å²) in [6.45, 7) is 0. The Morgan fingerprint density at radius 1 is 1.19 bits per heavy atom. The van der Waals surface area contributed by atoms with Crippen molar-refractivity contribution in [1.29, 1.82) is 0 Å². The minimum absolute atomic E-state index is 0.0105. The number of carbonyl (C=O) groups excluding carboxylic acids is 1. The summed E-state index contributed by atoms with van der Waals surface area (Å²) >= 11 is 3.60. The zero-order chi connectivity index (χ0) is 14.8. The van der Waals surface area contributed by atoms with Crippen LogP contribution in [0.5, 0.6) is 0 Å². The lowest BCUT2D eigenvalue weighted by Crippen LogP contribution is -2.42. The number of nitrogens with two attached hydrogens (primary N) is 1. The van der Waals surface area contributed by atoms with Crippen LogP contribution in [0.15, 0.2) is 22.7 Å². The molecule has 3 atom stereocenters. The highest BCUT2D eigenvalue weighted by molar-refractivity contribution is 9.10. The molecular formula is C17H23BrN2O. The van der Waals surface area contributed by atoms with E-state index in [2.05, 4.69) is 33.4 Å². The minimum Gasteiger partial charge on any atom is -0.349 e. The Bertz CT molecular complexity index is 532. The van der Waals surface area contributed by atoms with Crippen LogP contribution in [0, 0.1) is 5.92 Å². The molecule has 3 N–H and O–H groups in total. The maximum Gasteiger partial charge on any atom is 0.225 e. The highest BCUT2D eigenvalue weighted by atomic mass is 79.9. The third-order valence-electron chi connectivity index (χ3n) is 4.94. The molecule has 114 valence electrons. The summed E-state index contributed by atoms with van der Waals surface area (Å²) in [7, 11) is 0. The van der Waals surface area contributed by atoms with Gasteiger partial charge in [-0.15, -0.1) is 0 Å². The number of nitrogens with one attached hydrogen (secondary N) is 1. The van der Waals surface area contributed by atoms with Crippen molar-refractivity contribution in [2.24, 2.45) is 11.7 Å². The number of fused-ring (bicyclic) bond motifs is 1. The highest BCUT2D eigenvalue weighted by Gasteiger charge is 2.31. The maximum absolute atomic E-state index is 12.6. The Morgan fingerprint density at radius 3 is 2.86 bits per heavy atom. The molecule has 0 heterocycles. The van der Waals surface area contributed by atoms with Crippen molar-refractivity contribution in [1.82, 2.24) is 5.32 Å². The molecule has 0 aromatic heterocycles. The fourth-order valence-electron chi connectivity index (χ4n) is 3.70. The molecule has 21 heavy (non-hydrogen) atoms. The van der Waals surface area contributed by atoms with Crippen molar-refractivity contribution in [2.75, 3.05) is 0 Å². The molecule has 1 aromatic rings. The van der Waals surface area contributed by atoms with Gasteiger partial charge in [0.1, 0.15) is 0 Å². The fraction of sp³-hybridized carbons (Fsp3) is 0.588. The molecule has 3 rings (SSSR count). The summed E-state index contributed by atoms with van der Waals surface area (Å²) in [5, 5.41) is 3.25. The van der Waals surface area contributed by atoms with Crippen LogP contribution in [0.1, 0.15) is 55.7 Å². The van der Waals surface area contributed by atoms with E-state index in [9.17, 15) is 4.79 Å². The predicted octanol–water partition coefficient (Wildman–Crippen LogP) is 3.46. The van der Waals surface area contributed by atoms with E-state index in [4.69, 9.17) is 5.73 Å². The summed E-state index contributed by atoms with van der Waals surface area (Å²) in [5.41, 5.74) is 8.81. The van der Waals surface area contributed by atoms with Crippen LogP contribution in [0.25, 0.3) is 0 Å². The maximum atomic E-state index is 12.6. The van der Waals surface area contributed by atoms with E-state index in [1.54, 1.807) is 0 Å². The van der Waals surface area contributed by atoms with Gasteiger partial charge in [-0.2, -0.15) is 0 Å². The van der Waals surface area contributed by atoms with Gasteiger partial charge in [-0.1, -0.05) is 47.3 Å². The van der Waals surface area contributed by atoms with Crippen molar-refractivity contribution >= 4 is 21.8 Å². The van der Waals surface area contributed by atoms with Gasteiger partial charge < -0.3 is 11.1 Å². The number of benzene rings is 1. The van der Waals surface area contributed by atoms with Gasteiger partial charge in [0.2, 0.25) is 5.91 Å². The van der Waals surface area contributed by atoms with Gasteiger partial charge in [0.05, 0.1) is 12.0 Å². The molecule has 3 nitrogen and oxygen atoms in total. The Kier molecular flexibility index (Phi) is 4.65. The number of rotatable bonds is 2. The highest BCUT2D eigenvalue weighted by Crippen LogP contribution is 2.36. The summed E-state index contributed by atoms with van der Waals surface area (Å²) in [5.74, 6) is 0.144. The number of hydrogen-bond donors (Lipinski definition) is 2. The fourth-order valence-corrected chi connectivity index (χ4v) is 4.28. The third kappa shape index (κ3) is 3.16. The summed E-state index contributed by atoms with van der Waals surface area (Å²) in [6.07, 6.45) is 7.42. The van der Waals surface area contributed by atoms with E-state index in [0.29, 0.717) is 0 Å². The molecule has 1 amide bonds. The monoisotopic (exact) mass is 350 g/mol. The molecule has 0 bridgehead atoms. The molecule has 1 fully saturated rings. The Morgan fingerprint density at radius 2 is 2.00 bits per heavy atom. The van der Waals surface area contributed by atoms with Crippen LogP contribution >= 0.6 is 15.9 Å². The largest absolute Gasteiger partial charge is 0.349 e. The SMILES string of the molecule is N[C@@H]1CCCCC[C@@H]1C(=O)N[C@H]1CCc2c(Br)cccc21. The second-order valence-electron chi connectivity index (χ2n) is 6.32. The van der Waals surface area contributed by atoms with E-state index < -0.39 is 0 Å². The van der Waals surface area contributed by atoms with Gasteiger partial charge in [0.15, 0.2) is 0 Å². The first-order chi connectivity index (χ1) is 10.2. The van der Waals surface area contributed by atoms with Crippen LogP contribution in [-0.4, -0.2) is 11.9 Å².